The van der Waals surface area contributed by atoms with Crippen LogP contribution in [0.3, 0.4) is 0 Å². The Balaban J connectivity index is 2.20. The standard InChI is InChI=1S/C13H15N3/c1-3-11-9-14-13(15-10(11)2)16-12-7-5-4-6-8-12/h4-9H,3H2,1-2H3,(H,14,15,16). The van der Waals surface area contributed by atoms with E-state index in [0.717, 1.165) is 17.8 Å². The highest BCUT2D eigenvalue weighted by atomic mass is 15.1. The number of rotatable bonds is 3. The van der Waals surface area contributed by atoms with Gasteiger partial charge in [-0.05, 0) is 31.0 Å². The first-order chi connectivity index (χ1) is 7.79. The second-order valence-electron chi connectivity index (χ2n) is 3.65. The molecule has 0 aliphatic heterocycles. The van der Waals surface area contributed by atoms with Crippen LogP contribution >= 0.6 is 0 Å². The van der Waals surface area contributed by atoms with E-state index >= 15 is 0 Å². The molecule has 0 amide bonds. The van der Waals surface area contributed by atoms with Crippen molar-refractivity contribution in [1.29, 1.82) is 0 Å². The summed E-state index contributed by atoms with van der Waals surface area (Å²) in [7, 11) is 0. The number of nitrogens with zero attached hydrogens (tertiary/aromatic N) is 2. The highest BCUT2D eigenvalue weighted by molar-refractivity contribution is 5.52. The minimum Gasteiger partial charge on any atom is -0.324 e. The lowest BCUT2D eigenvalue weighted by Gasteiger charge is -2.07. The molecule has 3 heteroatoms. The third-order valence-electron chi connectivity index (χ3n) is 2.49. The maximum atomic E-state index is 4.42. The molecule has 2 aromatic rings. The van der Waals surface area contributed by atoms with Crippen LogP contribution in [0, 0.1) is 6.92 Å². The topological polar surface area (TPSA) is 37.8 Å². The third-order valence-corrected chi connectivity index (χ3v) is 2.49. The van der Waals surface area contributed by atoms with Gasteiger partial charge in [0, 0.05) is 17.6 Å². The number of hydrogen-bond acceptors (Lipinski definition) is 3. The van der Waals surface area contributed by atoms with Crippen LogP contribution in [-0.4, -0.2) is 9.97 Å². The van der Waals surface area contributed by atoms with Crippen molar-refractivity contribution in [3.63, 3.8) is 0 Å². The summed E-state index contributed by atoms with van der Waals surface area (Å²) >= 11 is 0. The van der Waals surface area contributed by atoms with Gasteiger partial charge in [-0.25, -0.2) is 9.97 Å². The second kappa shape index (κ2) is 4.75. The Morgan fingerprint density at radius 1 is 1.19 bits per heavy atom. The van der Waals surface area contributed by atoms with Crippen molar-refractivity contribution in [2.75, 3.05) is 5.32 Å². The van der Waals surface area contributed by atoms with Gasteiger partial charge in [-0.2, -0.15) is 0 Å². The normalized spacial score (nSPS) is 10.1. The van der Waals surface area contributed by atoms with Crippen LogP contribution in [0.2, 0.25) is 0 Å². The first-order valence-electron chi connectivity index (χ1n) is 5.44. The van der Waals surface area contributed by atoms with E-state index in [9.17, 15) is 0 Å². The summed E-state index contributed by atoms with van der Waals surface area (Å²) in [4.78, 5) is 8.70. The van der Waals surface area contributed by atoms with E-state index in [1.807, 2.05) is 43.5 Å². The van der Waals surface area contributed by atoms with Crippen molar-refractivity contribution < 1.29 is 0 Å². The van der Waals surface area contributed by atoms with Crippen molar-refractivity contribution in [3.05, 3.63) is 47.8 Å². The Bertz CT molecular complexity index is 466. The van der Waals surface area contributed by atoms with Crippen molar-refractivity contribution in [2.45, 2.75) is 20.3 Å². The monoisotopic (exact) mass is 213 g/mol. The Morgan fingerprint density at radius 3 is 2.56 bits per heavy atom. The predicted molar refractivity (Wildman–Crippen MR) is 65.9 cm³/mol. The molecule has 82 valence electrons. The van der Waals surface area contributed by atoms with Crippen LogP contribution in [0.1, 0.15) is 18.2 Å². The summed E-state index contributed by atoms with van der Waals surface area (Å²) in [5.74, 6) is 0.654. The van der Waals surface area contributed by atoms with Crippen LogP contribution in [0.4, 0.5) is 11.6 Å². The molecule has 0 radical (unpaired) electrons. The number of anilines is 2. The van der Waals surface area contributed by atoms with E-state index in [-0.39, 0.29) is 0 Å². The molecule has 0 unspecified atom stereocenters. The zero-order valence-corrected chi connectivity index (χ0v) is 9.57. The smallest absolute Gasteiger partial charge is 0.227 e. The minimum atomic E-state index is 0.654. The van der Waals surface area contributed by atoms with Crippen LogP contribution in [0.25, 0.3) is 0 Å². The van der Waals surface area contributed by atoms with Gasteiger partial charge in [-0.15, -0.1) is 0 Å². The van der Waals surface area contributed by atoms with E-state index in [2.05, 4.69) is 22.2 Å². The quantitative estimate of drug-likeness (QED) is 0.851. The number of nitrogens with one attached hydrogen (secondary N) is 1. The second-order valence-corrected chi connectivity index (χ2v) is 3.65. The minimum absolute atomic E-state index is 0.654. The highest BCUT2D eigenvalue weighted by Crippen LogP contribution is 2.13. The molecule has 1 aromatic carbocycles. The van der Waals surface area contributed by atoms with E-state index in [0.29, 0.717) is 5.95 Å². The summed E-state index contributed by atoms with van der Waals surface area (Å²) in [6.45, 7) is 4.12. The van der Waals surface area contributed by atoms with Crippen LogP contribution in [0.15, 0.2) is 36.5 Å². The molecule has 0 atom stereocenters. The van der Waals surface area contributed by atoms with Crippen LogP contribution in [-0.2, 0) is 6.42 Å². The number of para-hydroxylation sites is 1. The number of hydrogen-bond donors (Lipinski definition) is 1. The Hall–Kier alpha value is -1.90. The van der Waals surface area contributed by atoms with E-state index < -0.39 is 0 Å². The first kappa shape index (κ1) is 10.6. The van der Waals surface area contributed by atoms with Gasteiger partial charge in [0.1, 0.15) is 0 Å². The molecule has 1 heterocycles. The zero-order chi connectivity index (χ0) is 11.4. The summed E-state index contributed by atoms with van der Waals surface area (Å²) < 4.78 is 0. The molecule has 0 spiro atoms. The van der Waals surface area contributed by atoms with Gasteiger partial charge >= 0.3 is 0 Å². The molecule has 3 nitrogen and oxygen atoms in total. The largest absolute Gasteiger partial charge is 0.324 e. The van der Waals surface area contributed by atoms with Gasteiger partial charge in [0.05, 0.1) is 0 Å². The van der Waals surface area contributed by atoms with Gasteiger partial charge in [-0.3, -0.25) is 0 Å². The molecule has 2 rings (SSSR count). The molecule has 1 N–H and O–H groups in total. The van der Waals surface area contributed by atoms with Gasteiger partial charge in [0.25, 0.3) is 0 Å². The molecule has 1 aromatic heterocycles. The molecule has 0 aliphatic carbocycles. The van der Waals surface area contributed by atoms with Gasteiger partial charge in [0.2, 0.25) is 5.95 Å². The van der Waals surface area contributed by atoms with Gasteiger partial charge < -0.3 is 5.32 Å². The molecular formula is C13H15N3. The van der Waals surface area contributed by atoms with Crippen molar-refractivity contribution >= 4 is 11.6 Å². The van der Waals surface area contributed by atoms with Gasteiger partial charge in [0.15, 0.2) is 0 Å². The zero-order valence-electron chi connectivity index (χ0n) is 9.57. The average Bonchev–Trinajstić information content (AvgIpc) is 2.31. The lowest BCUT2D eigenvalue weighted by Crippen LogP contribution is -2.00. The van der Waals surface area contributed by atoms with Crippen molar-refractivity contribution in [1.82, 2.24) is 9.97 Å². The van der Waals surface area contributed by atoms with Gasteiger partial charge in [-0.1, -0.05) is 25.1 Å². The summed E-state index contributed by atoms with van der Waals surface area (Å²) in [5.41, 5.74) is 3.24. The third kappa shape index (κ3) is 2.37. The Morgan fingerprint density at radius 2 is 1.94 bits per heavy atom. The summed E-state index contributed by atoms with van der Waals surface area (Å²) in [5, 5.41) is 3.17. The molecule has 0 aliphatic rings. The molecular weight excluding hydrogens is 198 g/mol. The maximum Gasteiger partial charge on any atom is 0.227 e. The predicted octanol–water partition coefficient (Wildman–Crippen LogP) is 3.09. The van der Waals surface area contributed by atoms with Crippen molar-refractivity contribution in [3.8, 4) is 0 Å². The molecule has 0 saturated heterocycles. The summed E-state index contributed by atoms with van der Waals surface area (Å²) in [6.07, 6.45) is 2.85. The fraction of sp³-hybridized carbons (Fsp3) is 0.231. The Labute approximate surface area is 95.6 Å². The number of benzene rings is 1. The molecule has 0 saturated carbocycles. The molecule has 0 bridgehead atoms. The lowest BCUT2D eigenvalue weighted by molar-refractivity contribution is 1.00. The van der Waals surface area contributed by atoms with E-state index in [4.69, 9.17) is 0 Å². The molecule has 16 heavy (non-hydrogen) atoms. The molecule has 0 fully saturated rings. The lowest BCUT2D eigenvalue weighted by atomic mass is 10.2. The number of aromatic nitrogens is 2. The number of aryl methyl sites for hydroxylation is 2. The van der Waals surface area contributed by atoms with E-state index in [1.54, 1.807) is 0 Å². The van der Waals surface area contributed by atoms with Crippen LogP contribution < -0.4 is 5.32 Å². The van der Waals surface area contributed by atoms with Crippen molar-refractivity contribution in [2.24, 2.45) is 0 Å². The summed E-state index contributed by atoms with van der Waals surface area (Å²) in [6, 6.07) is 9.93. The fourth-order valence-electron chi connectivity index (χ4n) is 1.55. The van der Waals surface area contributed by atoms with Crippen LogP contribution in [0.5, 0.6) is 0 Å². The Kier molecular flexibility index (Phi) is 3.15. The average molecular weight is 213 g/mol. The highest BCUT2D eigenvalue weighted by Gasteiger charge is 2.01. The first-order valence-corrected chi connectivity index (χ1v) is 5.44. The fourth-order valence-corrected chi connectivity index (χ4v) is 1.55. The maximum absolute atomic E-state index is 4.42. The van der Waals surface area contributed by atoms with E-state index in [1.165, 1.54) is 5.56 Å². The SMILES string of the molecule is CCc1cnc(Nc2ccccc2)nc1C.